The molecule has 0 fully saturated rings. The van der Waals surface area contributed by atoms with Crippen molar-refractivity contribution in [2.45, 2.75) is 0 Å². The summed E-state index contributed by atoms with van der Waals surface area (Å²) in [5.74, 6) is 0. The van der Waals surface area contributed by atoms with E-state index in [0.717, 1.165) is 0 Å². The summed E-state index contributed by atoms with van der Waals surface area (Å²) in [6, 6.07) is 14.0. The molecule has 4 nitrogen and oxygen atoms in total. The molecule has 1 aliphatic rings. The Bertz CT molecular complexity index is 1040. The minimum atomic E-state index is -3.74. The van der Waals surface area contributed by atoms with Crippen LogP contribution in [-0.4, -0.2) is 8.42 Å². The third kappa shape index (κ3) is 2.69. The smallest absolute Gasteiger partial charge is 0.226 e. The lowest BCUT2D eigenvalue weighted by Crippen LogP contribution is -2.10. The van der Waals surface area contributed by atoms with Gasteiger partial charge in [0.15, 0.2) is 0 Å². The summed E-state index contributed by atoms with van der Waals surface area (Å²) in [5.41, 5.74) is 0.705. The monoisotopic (exact) mass is 350 g/mol. The molecule has 0 saturated carbocycles. The highest BCUT2D eigenvalue weighted by molar-refractivity contribution is 8.09. The molecule has 0 bridgehead atoms. The summed E-state index contributed by atoms with van der Waals surface area (Å²) < 4.78 is 26.1. The SMILES string of the molecule is [C-]#[N+]C(C#N)=C1C=C(c2ccccc2)S(=O)(=O)C(c2cccs2)=C1. The van der Waals surface area contributed by atoms with E-state index < -0.39 is 9.84 Å². The first-order chi connectivity index (χ1) is 11.6. The Morgan fingerprint density at radius 1 is 1.08 bits per heavy atom. The maximum absolute atomic E-state index is 13.0. The van der Waals surface area contributed by atoms with Gasteiger partial charge in [-0.1, -0.05) is 36.4 Å². The van der Waals surface area contributed by atoms with Gasteiger partial charge in [0.1, 0.15) is 0 Å². The second kappa shape index (κ2) is 6.29. The van der Waals surface area contributed by atoms with E-state index in [1.54, 1.807) is 47.8 Å². The zero-order valence-corrected chi connectivity index (χ0v) is 13.9. The standard InChI is InChI=1S/C18H10N2O2S2/c1-20-15(12-19)14-10-17(13-6-3-2-4-7-13)24(21,22)18(11-14)16-8-5-9-23-16/h2-11H. The van der Waals surface area contributed by atoms with Gasteiger partial charge in [-0.05, 0) is 34.7 Å². The zero-order valence-electron chi connectivity index (χ0n) is 12.3. The molecule has 0 aliphatic carbocycles. The highest BCUT2D eigenvalue weighted by Crippen LogP contribution is 2.40. The van der Waals surface area contributed by atoms with Crippen LogP contribution in [0, 0.1) is 17.9 Å². The van der Waals surface area contributed by atoms with Gasteiger partial charge in [-0.2, -0.15) is 0 Å². The topological polar surface area (TPSA) is 62.3 Å². The van der Waals surface area contributed by atoms with E-state index >= 15 is 0 Å². The summed E-state index contributed by atoms with van der Waals surface area (Å²) in [6.45, 7) is 7.15. The summed E-state index contributed by atoms with van der Waals surface area (Å²) in [5, 5.41) is 10.9. The molecule has 0 atom stereocenters. The van der Waals surface area contributed by atoms with Gasteiger partial charge >= 0.3 is 0 Å². The minimum Gasteiger partial charge on any atom is -0.226 e. The molecule has 3 rings (SSSR count). The average Bonchev–Trinajstić information content (AvgIpc) is 3.11. The van der Waals surface area contributed by atoms with E-state index in [1.807, 2.05) is 6.07 Å². The molecule has 0 radical (unpaired) electrons. The fourth-order valence-corrected chi connectivity index (χ4v) is 5.04. The Morgan fingerprint density at radius 3 is 2.38 bits per heavy atom. The minimum absolute atomic E-state index is 0.0976. The van der Waals surface area contributed by atoms with Crippen LogP contribution < -0.4 is 0 Å². The van der Waals surface area contributed by atoms with Gasteiger partial charge in [-0.15, -0.1) is 11.3 Å². The van der Waals surface area contributed by atoms with Gasteiger partial charge in [0.2, 0.25) is 9.84 Å². The average molecular weight is 350 g/mol. The van der Waals surface area contributed by atoms with Crippen LogP contribution in [0.5, 0.6) is 0 Å². The van der Waals surface area contributed by atoms with Crippen LogP contribution in [0.3, 0.4) is 0 Å². The number of allylic oxidation sites excluding steroid dienone is 4. The normalized spacial score (nSPS) is 17.9. The predicted octanol–water partition coefficient (Wildman–Crippen LogP) is 4.26. The van der Waals surface area contributed by atoms with Gasteiger partial charge in [0.05, 0.1) is 22.5 Å². The van der Waals surface area contributed by atoms with Crippen LogP contribution in [0.25, 0.3) is 14.7 Å². The Hall–Kier alpha value is -2.93. The summed E-state index contributed by atoms with van der Waals surface area (Å²) >= 11 is 1.30. The van der Waals surface area contributed by atoms with E-state index in [9.17, 15) is 8.42 Å². The quantitative estimate of drug-likeness (QED) is 0.601. The lowest BCUT2D eigenvalue weighted by molar-refractivity contribution is 0.614. The fraction of sp³-hybridized carbons (Fsp3) is 0. The zero-order chi connectivity index (χ0) is 17.2. The molecule has 0 saturated heterocycles. The number of benzene rings is 1. The van der Waals surface area contributed by atoms with Crippen molar-refractivity contribution in [3.05, 3.63) is 93.1 Å². The summed E-state index contributed by atoms with van der Waals surface area (Å²) in [6.07, 6.45) is 2.81. The van der Waals surface area contributed by atoms with Gasteiger partial charge in [0.25, 0.3) is 5.70 Å². The number of hydrogen-bond donors (Lipinski definition) is 0. The first-order valence-electron chi connectivity index (χ1n) is 6.87. The van der Waals surface area contributed by atoms with Gasteiger partial charge < -0.3 is 0 Å². The molecule has 1 aromatic heterocycles. The van der Waals surface area contributed by atoms with Crippen molar-refractivity contribution in [3.8, 4) is 6.07 Å². The molecule has 0 amide bonds. The number of thiophene rings is 1. The van der Waals surface area contributed by atoms with Crippen molar-refractivity contribution >= 4 is 31.0 Å². The maximum Gasteiger partial charge on any atom is 0.269 e. The molecular formula is C18H10N2O2S2. The van der Waals surface area contributed by atoms with Gasteiger partial charge in [-0.3, -0.25) is 0 Å². The molecule has 0 unspecified atom stereocenters. The van der Waals surface area contributed by atoms with E-state index in [1.165, 1.54) is 23.5 Å². The van der Waals surface area contributed by atoms with E-state index in [0.29, 0.717) is 16.0 Å². The van der Waals surface area contributed by atoms with E-state index in [2.05, 4.69) is 4.85 Å². The van der Waals surface area contributed by atoms with Crippen molar-refractivity contribution in [1.82, 2.24) is 0 Å². The molecule has 2 heterocycles. The number of nitriles is 1. The van der Waals surface area contributed by atoms with E-state index in [-0.39, 0.29) is 15.5 Å². The molecule has 0 spiro atoms. The van der Waals surface area contributed by atoms with Crippen LogP contribution in [-0.2, 0) is 9.84 Å². The van der Waals surface area contributed by atoms with Crippen molar-refractivity contribution < 1.29 is 8.42 Å². The van der Waals surface area contributed by atoms with Crippen molar-refractivity contribution in [3.63, 3.8) is 0 Å². The lowest BCUT2D eigenvalue weighted by Gasteiger charge is -2.17. The highest BCUT2D eigenvalue weighted by atomic mass is 32.2. The lowest BCUT2D eigenvalue weighted by atomic mass is 10.1. The highest BCUT2D eigenvalue weighted by Gasteiger charge is 2.30. The Kier molecular flexibility index (Phi) is 4.18. The Balaban J connectivity index is 2.33. The van der Waals surface area contributed by atoms with Crippen LogP contribution in [0.2, 0.25) is 0 Å². The first-order valence-corrected chi connectivity index (χ1v) is 9.24. The third-order valence-electron chi connectivity index (χ3n) is 3.47. The fourth-order valence-electron chi connectivity index (χ4n) is 2.35. The summed E-state index contributed by atoms with van der Waals surface area (Å²) in [4.78, 5) is 4.00. The molecular weight excluding hydrogens is 340 g/mol. The second-order valence-electron chi connectivity index (χ2n) is 4.89. The molecule has 1 aromatic carbocycles. The van der Waals surface area contributed by atoms with Crippen LogP contribution in [0.1, 0.15) is 10.4 Å². The van der Waals surface area contributed by atoms with E-state index in [4.69, 9.17) is 11.8 Å². The molecule has 0 N–H and O–H groups in total. The van der Waals surface area contributed by atoms with Crippen molar-refractivity contribution in [1.29, 1.82) is 5.26 Å². The second-order valence-corrected chi connectivity index (χ2v) is 7.73. The van der Waals surface area contributed by atoms with Gasteiger partial charge in [-0.25, -0.2) is 18.5 Å². The predicted molar refractivity (Wildman–Crippen MR) is 94.9 cm³/mol. The van der Waals surface area contributed by atoms with Crippen LogP contribution in [0.4, 0.5) is 0 Å². The molecule has 1 aliphatic heterocycles. The van der Waals surface area contributed by atoms with Crippen LogP contribution >= 0.6 is 11.3 Å². The number of hydrogen-bond acceptors (Lipinski definition) is 4. The molecule has 24 heavy (non-hydrogen) atoms. The first kappa shape index (κ1) is 15.9. The van der Waals surface area contributed by atoms with Gasteiger partial charge in [0, 0.05) is 4.88 Å². The van der Waals surface area contributed by atoms with Crippen LogP contribution in [0.15, 0.2) is 71.3 Å². The summed E-state index contributed by atoms with van der Waals surface area (Å²) in [7, 11) is -3.74. The largest absolute Gasteiger partial charge is 0.269 e. The number of nitrogens with zero attached hydrogens (tertiary/aromatic N) is 2. The molecule has 6 heteroatoms. The molecule has 116 valence electrons. The third-order valence-corrected chi connectivity index (χ3v) is 6.35. The Morgan fingerprint density at radius 2 is 1.79 bits per heavy atom. The maximum atomic E-state index is 13.0. The Labute approximate surface area is 144 Å². The number of sulfone groups is 1. The number of rotatable bonds is 2. The molecule has 2 aromatic rings. The van der Waals surface area contributed by atoms with Crippen molar-refractivity contribution in [2.75, 3.05) is 0 Å². The van der Waals surface area contributed by atoms with Crippen molar-refractivity contribution in [2.24, 2.45) is 0 Å².